The topological polar surface area (TPSA) is 63.7 Å². The van der Waals surface area contributed by atoms with Crippen LogP contribution in [0.2, 0.25) is 0 Å². The average Bonchev–Trinajstić information content (AvgIpc) is 2.77. The molecule has 31 heavy (non-hydrogen) atoms. The normalized spacial score (nSPS) is 11.7. The lowest BCUT2D eigenvalue weighted by molar-refractivity contribution is -0.137. The van der Waals surface area contributed by atoms with E-state index in [0.29, 0.717) is 5.69 Å². The van der Waals surface area contributed by atoms with Crippen molar-refractivity contribution in [2.24, 2.45) is 0 Å². The van der Waals surface area contributed by atoms with Crippen molar-refractivity contribution in [3.05, 3.63) is 95.6 Å². The highest BCUT2D eigenvalue weighted by Crippen LogP contribution is 2.29. The summed E-state index contributed by atoms with van der Waals surface area (Å²) in [4.78, 5) is 12.2. The van der Waals surface area contributed by atoms with E-state index >= 15 is 0 Å². The number of hydrogen-bond donors (Lipinski definition) is 0. The van der Waals surface area contributed by atoms with Crippen molar-refractivity contribution in [1.82, 2.24) is 0 Å². The molecule has 0 bridgehead atoms. The second-order valence-electron chi connectivity index (χ2n) is 6.61. The minimum absolute atomic E-state index is 0.0329. The number of rotatable bonds is 6. The number of carbonyl (C=O) groups excluding carboxylic acids is 1. The van der Waals surface area contributed by atoms with Gasteiger partial charge in [-0.15, -0.1) is 0 Å². The Bertz CT molecular complexity index is 1180. The van der Waals surface area contributed by atoms with E-state index in [-0.39, 0.29) is 22.6 Å². The Kier molecular flexibility index (Phi) is 6.35. The number of esters is 1. The van der Waals surface area contributed by atoms with Gasteiger partial charge in [-0.2, -0.15) is 13.2 Å². The number of para-hydroxylation sites is 1. The molecule has 0 unspecified atom stereocenters. The maximum atomic E-state index is 12.9. The number of ether oxygens (including phenoxy) is 1. The van der Waals surface area contributed by atoms with Crippen LogP contribution in [0, 0.1) is 0 Å². The molecule has 3 aromatic rings. The minimum atomic E-state index is -4.51. The van der Waals surface area contributed by atoms with E-state index in [4.69, 9.17) is 4.74 Å². The van der Waals surface area contributed by atoms with Crippen LogP contribution in [0.3, 0.4) is 0 Å². The van der Waals surface area contributed by atoms with Gasteiger partial charge in [-0.25, -0.2) is 13.2 Å². The Morgan fingerprint density at radius 3 is 2.29 bits per heavy atom. The van der Waals surface area contributed by atoms with E-state index in [1.807, 2.05) is 0 Å². The van der Waals surface area contributed by atoms with Crippen LogP contribution in [0.1, 0.15) is 21.5 Å². The molecule has 0 N–H and O–H groups in total. The molecule has 3 rings (SSSR count). The Balaban J connectivity index is 1.76. The number of benzene rings is 3. The van der Waals surface area contributed by atoms with Crippen LogP contribution in [0.15, 0.2) is 83.8 Å². The molecule has 0 aliphatic rings. The van der Waals surface area contributed by atoms with Crippen molar-refractivity contribution < 1.29 is 31.1 Å². The number of alkyl halides is 3. The van der Waals surface area contributed by atoms with Crippen molar-refractivity contribution in [2.45, 2.75) is 17.7 Å². The second-order valence-corrected chi connectivity index (χ2v) is 8.58. The first-order valence-corrected chi connectivity index (χ1v) is 10.5. The summed E-state index contributed by atoms with van der Waals surface area (Å²) in [7, 11) is -2.54. The first-order chi connectivity index (χ1) is 14.6. The van der Waals surface area contributed by atoms with Crippen LogP contribution >= 0.6 is 0 Å². The van der Waals surface area contributed by atoms with E-state index in [1.54, 1.807) is 30.3 Å². The Morgan fingerprint density at radius 1 is 0.935 bits per heavy atom. The van der Waals surface area contributed by atoms with Crippen LogP contribution < -0.4 is 4.31 Å². The van der Waals surface area contributed by atoms with Gasteiger partial charge in [0.1, 0.15) is 6.61 Å². The minimum Gasteiger partial charge on any atom is -0.457 e. The summed E-state index contributed by atoms with van der Waals surface area (Å²) in [6, 6.07) is 18.1. The molecule has 0 radical (unpaired) electrons. The van der Waals surface area contributed by atoms with E-state index in [0.717, 1.165) is 16.4 Å². The lowest BCUT2D eigenvalue weighted by Gasteiger charge is -2.19. The average molecular weight is 449 g/mol. The fourth-order valence-corrected chi connectivity index (χ4v) is 4.03. The first-order valence-electron chi connectivity index (χ1n) is 9.06. The van der Waals surface area contributed by atoms with Gasteiger partial charge in [-0.05, 0) is 48.0 Å². The number of sulfonamides is 1. The molecule has 0 saturated heterocycles. The molecular formula is C22H18F3NO4S. The number of carbonyl (C=O) groups is 1. The Morgan fingerprint density at radius 2 is 1.61 bits per heavy atom. The number of nitrogens with zero attached hydrogens (tertiary/aromatic N) is 1. The van der Waals surface area contributed by atoms with Crippen LogP contribution in [0.4, 0.5) is 18.9 Å². The summed E-state index contributed by atoms with van der Waals surface area (Å²) >= 11 is 0. The lowest BCUT2D eigenvalue weighted by Crippen LogP contribution is -2.26. The van der Waals surface area contributed by atoms with Crippen LogP contribution in [0.5, 0.6) is 0 Å². The largest absolute Gasteiger partial charge is 0.457 e. The van der Waals surface area contributed by atoms with Gasteiger partial charge in [-0.3, -0.25) is 4.31 Å². The molecule has 0 aliphatic carbocycles. The monoisotopic (exact) mass is 449 g/mol. The Labute approximate surface area is 177 Å². The third-order valence-electron chi connectivity index (χ3n) is 4.47. The molecule has 0 heterocycles. The summed E-state index contributed by atoms with van der Waals surface area (Å²) in [6.45, 7) is -0.385. The maximum absolute atomic E-state index is 12.9. The second kappa shape index (κ2) is 8.81. The quantitative estimate of drug-likeness (QED) is 0.503. The molecule has 0 atom stereocenters. The van der Waals surface area contributed by atoms with Crippen molar-refractivity contribution in [3.63, 3.8) is 0 Å². The van der Waals surface area contributed by atoms with Crippen molar-refractivity contribution in [2.75, 3.05) is 11.4 Å². The highest BCUT2D eigenvalue weighted by Gasteiger charge is 2.30. The number of anilines is 1. The number of hydrogen-bond acceptors (Lipinski definition) is 4. The summed E-state index contributed by atoms with van der Waals surface area (Å²) in [6.07, 6.45) is -4.51. The van der Waals surface area contributed by atoms with Crippen LogP contribution in [0.25, 0.3) is 0 Å². The predicted molar refractivity (Wildman–Crippen MR) is 109 cm³/mol. The molecule has 3 aromatic carbocycles. The predicted octanol–water partition coefficient (Wildman–Crippen LogP) is 4.89. The smallest absolute Gasteiger partial charge is 0.416 e. The summed E-state index contributed by atoms with van der Waals surface area (Å²) in [5.41, 5.74) is -0.275. The SMILES string of the molecule is CN(c1ccccc1)S(=O)(=O)c1cccc(C(=O)OCc2cccc(C(F)(F)F)c2)c1. The third kappa shape index (κ3) is 5.24. The van der Waals surface area contributed by atoms with Gasteiger partial charge in [-0.1, -0.05) is 36.4 Å². The van der Waals surface area contributed by atoms with Crippen LogP contribution in [-0.2, 0) is 27.5 Å². The molecule has 0 amide bonds. The van der Waals surface area contributed by atoms with E-state index in [1.165, 1.54) is 43.4 Å². The zero-order chi connectivity index (χ0) is 22.6. The molecule has 0 saturated carbocycles. The summed E-state index contributed by atoms with van der Waals surface area (Å²) in [5, 5.41) is 0. The fraction of sp³-hybridized carbons (Fsp3) is 0.136. The highest BCUT2D eigenvalue weighted by atomic mass is 32.2. The molecular weight excluding hydrogens is 431 g/mol. The van der Waals surface area contributed by atoms with E-state index in [2.05, 4.69) is 0 Å². The molecule has 9 heteroatoms. The molecule has 162 valence electrons. The van der Waals surface area contributed by atoms with Crippen molar-refractivity contribution in [3.8, 4) is 0 Å². The van der Waals surface area contributed by atoms with Gasteiger partial charge in [0.2, 0.25) is 0 Å². The summed E-state index contributed by atoms with van der Waals surface area (Å²) in [5.74, 6) is -0.850. The van der Waals surface area contributed by atoms with Gasteiger partial charge < -0.3 is 4.74 Å². The van der Waals surface area contributed by atoms with Gasteiger partial charge in [0, 0.05) is 7.05 Å². The fourth-order valence-electron chi connectivity index (χ4n) is 2.79. The highest BCUT2D eigenvalue weighted by molar-refractivity contribution is 7.92. The van der Waals surface area contributed by atoms with Gasteiger partial charge in [0.05, 0.1) is 21.7 Å². The molecule has 0 aliphatic heterocycles. The zero-order valence-electron chi connectivity index (χ0n) is 16.3. The van der Waals surface area contributed by atoms with Gasteiger partial charge in [0.25, 0.3) is 10.0 Å². The van der Waals surface area contributed by atoms with E-state index < -0.39 is 27.7 Å². The standard InChI is InChI=1S/C22H18F3NO4S/c1-26(19-10-3-2-4-11-19)31(28,29)20-12-6-8-17(14-20)21(27)30-15-16-7-5-9-18(13-16)22(23,24)25/h2-14H,15H2,1H3. The summed E-state index contributed by atoms with van der Waals surface area (Å²) < 4.78 is 70.4. The van der Waals surface area contributed by atoms with Gasteiger partial charge in [0.15, 0.2) is 0 Å². The molecule has 0 aromatic heterocycles. The number of halogens is 3. The third-order valence-corrected chi connectivity index (χ3v) is 6.25. The zero-order valence-corrected chi connectivity index (χ0v) is 17.2. The molecule has 5 nitrogen and oxygen atoms in total. The first kappa shape index (κ1) is 22.4. The lowest BCUT2D eigenvalue weighted by atomic mass is 10.1. The van der Waals surface area contributed by atoms with Gasteiger partial charge >= 0.3 is 12.1 Å². The Hall–Kier alpha value is -3.33. The molecule has 0 fully saturated rings. The van der Waals surface area contributed by atoms with Crippen molar-refractivity contribution >= 4 is 21.7 Å². The van der Waals surface area contributed by atoms with Crippen LogP contribution in [-0.4, -0.2) is 21.4 Å². The molecule has 0 spiro atoms. The van der Waals surface area contributed by atoms with Crippen molar-refractivity contribution in [1.29, 1.82) is 0 Å². The maximum Gasteiger partial charge on any atom is 0.416 e. The van der Waals surface area contributed by atoms with E-state index in [9.17, 15) is 26.4 Å².